The molecule has 2 unspecified atom stereocenters. The highest BCUT2D eigenvalue weighted by molar-refractivity contribution is 5.94. The molecule has 1 fully saturated rings. The summed E-state index contributed by atoms with van der Waals surface area (Å²) in [5.41, 5.74) is 2.97. The fraction of sp³-hybridized carbons (Fsp3) is 0.458. The quantitative estimate of drug-likeness (QED) is 0.675. The van der Waals surface area contributed by atoms with Crippen LogP contribution in [0.2, 0.25) is 0 Å². The van der Waals surface area contributed by atoms with E-state index in [9.17, 15) is 4.79 Å². The van der Waals surface area contributed by atoms with Gasteiger partial charge in [0.2, 0.25) is 5.91 Å². The van der Waals surface area contributed by atoms with Crippen LogP contribution in [0.15, 0.2) is 42.5 Å². The van der Waals surface area contributed by atoms with Gasteiger partial charge in [0.1, 0.15) is 11.5 Å². The summed E-state index contributed by atoms with van der Waals surface area (Å²) < 4.78 is 10.8. The van der Waals surface area contributed by atoms with E-state index in [4.69, 9.17) is 9.47 Å². The first-order valence-electron chi connectivity index (χ1n) is 10.7. The zero-order valence-electron chi connectivity index (χ0n) is 18.4. The Hall–Kier alpha value is -2.73. The van der Waals surface area contributed by atoms with E-state index in [-0.39, 0.29) is 18.0 Å². The van der Waals surface area contributed by atoms with Crippen molar-refractivity contribution in [2.45, 2.75) is 45.2 Å². The number of hydrogen-bond donors (Lipinski definition) is 2. The lowest BCUT2D eigenvalue weighted by Gasteiger charge is -2.29. The summed E-state index contributed by atoms with van der Waals surface area (Å²) in [6.07, 6.45) is 3.81. The van der Waals surface area contributed by atoms with E-state index in [2.05, 4.69) is 27.7 Å². The zero-order chi connectivity index (χ0) is 21.5. The molecule has 2 aromatic carbocycles. The van der Waals surface area contributed by atoms with Crippen LogP contribution in [0.1, 0.15) is 44.7 Å². The first-order chi connectivity index (χ1) is 14.5. The number of hydrogen-bond acceptors (Lipinski definition) is 5. The third-order valence-corrected chi connectivity index (χ3v) is 5.65. The van der Waals surface area contributed by atoms with Gasteiger partial charge in [0, 0.05) is 36.1 Å². The lowest BCUT2D eigenvalue weighted by Crippen LogP contribution is -2.39. The predicted octanol–water partition coefficient (Wildman–Crippen LogP) is 4.37. The highest BCUT2D eigenvalue weighted by Gasteiger charge is 2.19. The van der Waals surface area contributed by atoms with Crippen molar-refractivity contribution in [2.75, 3.05) is 37.5 Å². The highest BCUT2D eigenvalue weighted by atomic mass is 16.5. The zero-order valence-corrected chi connectivity index (χ0v) is 18.4. The Kier molecular flexibility index (Phi) is 7.57. The van der Waals surface area contributed by atoms with Crippen LogP contribution in [0.3, 0.4) is 0 Å². The molecule has 1 aliphatic rings. The van der Waals surface area contributed by atoms with Crippen molar-refractivity contribution in [3.63, 3.8) is 0 Å². The van der Waals surface area contributed by atoms with Crippen LogP contribution in [0.25, 0.3) is 0 Å². The van der Waals surface area contributed by atoms with Crippen LogP contribution < -0.4 is 25.0 Å². The number of carbonyl (C=O) groups excluding carboxylic acids is 1. The fourth-order valence-corrected chi connectivity index (χ4v) is 3.88. The number of rotatable bonds is 8. The molecule has 2 atom stereocenters. The molecule has 162 valence electrons. The first kappa shape index (κ1) is 22.0. The normalized spacial score (nSPS) is 15.9. The molecule has 1 heterocycles. The Morgan fingerprint density at radius 3 is 2.30 bits per heavy atom. The van der Waals surface area contributed by atoms with Gasteiger partial charge in [0.25, 0.3) is 0 Å². The number of benzene rings is 2. The van der Waals surface area contributed by atoms with E-state index in [1.54, 1.807) is 14.2 Å². The summed E-state index contributed by atoms with van der Waals surface area (Å²) in [6, 6.07) is 13.3. The Morgan fingerprint density at radius 1 is 0.967 bits per heavy atom. The van der Waals surface area contributed by atoms with Crippen molar-refractivity contribution in [1.82, 2.24) is 5.32 Å². The van der Waals surface area contributed by atoms with Gasteiger partial charge in [-0.15, -0.1) is 0 Å². The van der Waals surface area contributed by atoms with Crippen LogP contribution in [0, 0.1) is 0 Å². The molecular weight excluding hydrogens is 378 g/mol. The number of ether oxygens (including phenoxy) is 2. The Morgan fingerprint density at radius 2 is 1.67 bits per heavy atom. The molecule has 1 saturated heterocycles. The van der Waals surface area contributed by atoms with Gasteiger partial charge in [-0.2, -0.15) is 0 Å². The summed E-state index contributed by atoms with van der Waals surface area (Å²) in [5, 5.41) is 6.35. The van der Waals surface area contributed by atoms with Crippen molar-refractivity contribution < 1.29 is 14.3 Å². The van der Waals surface area contributed by atoms with E-state index in [1.165, 1.54) is 24.9 Å². The largest absolute Gasteiger partial charge is 0.497 e. The van der Waals surface area contributed by atoms with Crippen molar-refractivity contribution in [1.29, 1.82) is 0 Å². The summed E-state index contributed by atoms with van der Waals surface area (Å²) in [6.45, 7) is 6.09. The summed E-state index contributed by atoms with van der Waals surface area (Å²) in [4.78, 5) is 15.1. The number of nitrogens with one attached hydrogen (secondary N) is 2. The molecule has 2 aromatic rings. The van der Waals surface area contributed by atoms with E-state index in [0.29, 0.717) is 0 Å². The fourth-order valence-electron chi connectivity index (χ4n) is 3.88. The van der Waals surface area contributed by atoms with Crippen LogP contribution >= 0.6 is 0 Å². The number of carbonyl (C=O) groups is 1. The molecule has 1 amide bonds. The third-order valence-electron chi connectivity index (χ3n) is 5.65. The molecule has 0 saturated carbocycles. The van der Waals surface area contributed by atoms with Gasteiger partial charge in [0.15, 0.2) is 0 Å². The topological polar surface area (TPSA) is 62.8 Å². The number of nitrogens with zero attached hydrogens (tertiary/aromatic N) is 1. The standard InChI is InChI=1S/C24H33N3O3/c1-17(22-16-21(29-3)12-13-23(22)30-4)25-18(2)24(28)26-19-8-10-20(11-9-19)27-14-6-5-7-15-27/h8-13,16-18,25H,5-7,14-15H2,1-4H3,(H,26,28). The van der Waals surface area contributed by atoms with Gasteiger partial charge in [-0.1, -0.05) is 0 Å². The molecule has 30 heavy (non-hydrogen) atoms. The maximum Gasteiger partial charge on any atom is 0.241 e. The maximum atomic E-state index is 12.7. The molecule has 6 heteroatoms. The summed E-state index contributed by atoms with van der Waals surface area (Å²) in [5.74, 6) is 1.44. The average molecular weight is 412 g/mol. The molecule has 0 spiro atoms. The first-order valence-corrected chi connectivity index (χ1v) is 10.7. The van der Waals surface area contributed by atoms with Crippen molar-refractivity contribution in [2.24, 2.45) is 0 Å². The van der Waals surface area contributed by atoms with Crippen LogP contribution in [0.4, 0.5) is 11.4 Å². The molecule has 2 N–H and O–H groups in total. The Labute approximate surface area is 179 Å². The molecule has 0 aliphatic carbocycles. The van der Waals surface area contributed by atoms with Crippen molar-refractivity contribution >= 4 is 17.3 Å². The van der Waals surface area contributed by atoms with Gasteiger partial charge < -0.3 is 19.7 Å². The second-order valence-corrected chi connectivity index (χ2v) is 7.80. The Bertz CT molecular complexity index is 832. The second-order valence-electron chi connectivity index (χ2n) is 7.80. The van der Waals surface area contributed by atoms with Crippen molar-refractivity contribution in [3.8, 4) is 11.5 Å². The van der Waals surface area contributed by atoms with Gasteiger partial charge in [0.05, 0.1) is 20.3 Å². The van der Waals surface area contributed by atoms with Gasteiger partial charge >= 0.3 is 0 Å². The van der Waals surface area contributed by atoms with E-state index in [1.807, 2.05) is 44.2 Å². The molecule has 3 rings (SSSR count). The maximum absolute atomic E-state index is 12.7. The molecule has 1 aliphatic heterocycles. The van der Waals surface area contributed by atoms with Crippen LogP contribution in [-0.4, -0.2) is 39.3 Å². The number of methoxy groups -OCH3 is 2. The molecule has 0 radical (unpaired) electrons. The SMILES string of the molecule is COc1ccc(OC)c(C(C)NC(C)C(=O)Nc2ccc(N3CCCCC3)cc2)c1. The van der Waals surface area contributed by atoms with Crippen molar-refractivity contribution in [3.05, 3.63) is 48.0 Å². The molecular formula is C24H33N3O3. The third kappa shape index (κ3) is 5.45. The number of piperidine rings is 1. The highest BCUT2D eigenvalue weighted by Crippen LogP contribution is 2.29. The molecule has 6 nitrogen and oxygen atoms in total. The number of amides is 1. The lowest BCUT2D eigenvalue weighted by atomic mass is 10.1. The Balaban J connectivity index is 1.59. The monoisotopic (exact) mass is 411 g/mol. The van der Waals surface area contributed by atoms with Gasteiger partial charge in [-0.25, -0.2) is 0 Å². The minimum absolute atomic E-state index is 0.0746. The van der Waals surface area contributed by atoms with Gasteiger partial charge in [-0.3, -0.25) is 10.1 Å². The predicted molar refractivity (Wildman–Crippen MR) is 122 cm³/mol. The minimum Gasteiger partial charge on any atom is -0.497 e. The lowest BCUT2D eigenvalue weighted by molar-refractivity contribution is -0.117. The number of anilines is 2. The van der Waals surface area contributed by atoms with Crippen LogP contribution in [0.5, 0.6) is 11.5 Å². The molecule has 0 aromatic heterocycles. The smallest absolute Gasteiger partial charge is 0.241 e. The van der Waals surface area contributed by atoms with E-state index < -0.39 is 0 Å². The van der Waals surface area contributed by atoms with Crippen LogP contribution in [-0.2, 0) is 4.79 Å². The summed E-state index contributed by atoms with van der Waals surface area (Å²) >= 11 is 0. The van der Waals surface area contributed by atoms with Gasteiger partial charge in [-0.05, 0) is 75.6 Å². The van der Waals surface area contributed by atoms with E-state index in [0.717, 1.165) is 35.8 Å². The minimum atomic E-state index is -0.377. The van der Waals surface area contributed by atoms with E-state index >= 15 is 0 Å². The molecule has 0 bridgehead atoms. The summed E-state index contributed by atoms with van der Waals surface area (Å²) in [7, 11) is 3.28. The second kappa shape index (κ2) is 10.3. The average Bonchev–Trinajstić information content (AvgIpc) is 2.79.